The molecule has 0 heterocycles. The van der Waals surface area contributed by atoms with Crippen LogP contribution >= 0.6 is 0 Å². The number of anilines is 1. The summed E-state index contributed by atoms with van der Waals surface area (Å²) >= 11 is 0. The molecule has 20 heavy (non-hydrogen) atoms. The minimum Gasteiger partial charge on any atom is -0.465 e. The molecule has 0 spiro atoms. The van der Waals surface area contributed by atoms with Gasteiger partial charge in [-0.05, 0) is 36.4 Å². The van der Waals surface area contributed by atoms with Gasteiger partial charge in [0, 0.05) is 17.8 Å². The number of hydrogen-bond acceptors (Lipinski definition) is 3. The summed E-state index contributed by atoms with van der Waals surface area (Å²) in [5, 5.41) is 2.93. The van der Waals surface area contributed by atoms with Crippen molar-refractivity contribution in [3.63, 3.8) is 0 Å². The summed E-state index contributed by atoms with van der Waals surface area (Å²) in [7, 11) is 1.30. The van der Waals surface area contributed by atoms with Crippen LogP contribution in [0.5, 0.6) is 0 Å². The van der Waals surface area contributed by atoms with Crippen molar-refractivity contribution in [1.29, 1.82) is 0 Å². The van der Waals surface area contributed by atoms with E-state index in [2.05, 4.69) is 10.1 Å². The van der Waals surface area contributed by atoms with Crippen molar-refractivity contribution < 1.29 is 18.3 Å². The molecule has 0 amide bonds. The fourth-order valence-corrected chi connectivity index (χ4v) is 1.75. The number of benzene rings is 2. The van der Waals surface area contributed by atoms with Crippen molar-refractivity contribution in [2.24, 2.45) is 0 Å². The van der Waals surface area contributed by atoms with E-state index in [1.54, 1.807) is 24.3 Å². The molecule has 0 saturated heterocycles. The molecule has 1 N–H and O–H groups in total. The van der Waals surface area contributed by atoms with Gasteiger partial charge in [0.15, 0.2) is 0 Å². The fraction of sp³-hybridized carbons (Fsp3) is 0.133. The van der Waals surface area contributed by atoms with Crippen molar-refractivity contribution >= 4 is 11.7 Å². The average Bonchev–Trinajstić information content (AvgIpc) is 2.47. The quantitative estimate of drug-likeness (QED) is 0.871. The molecule has 0 fully saturated rings. The monoisotopic (exact) mass is 277 g/mol. The maximum Gasteiger partial charge on any atom is 0.337 e. The second-order valence-corrected chi connectivity index (χ2v) is 4.16. The molecule has 5 heteroatoms. The minimum atomic E-state index is -0.494. The van der Waals surface area contributed by atoms with Crippen LogP contribution in [0.4, 0.5) is 14.5 Å². The van der Waals surface area contributed by atoms with Gasteiger partial charge >= 0.3 is 5.97 Å². The number of carbonyl (C=O) groups excluding carboxylic acids is 1. The Balaban J connectivity index is 2.11. The lowest BCUT2D eigenvalue weighted by Gasteiger charge is -2.08. The highest BCUT2D eigenvalue weighted by atomic mass is 19.1. The van der Waals surface area contributed by atoms with E-state index in [-0.39, 0.29) is 12.1 Å². The molecule has 3 nitrogen and oxygen atoms in total. The van der Waals surface area contributed by atoms with Gasteiger partial charge in [0.2, 0.25) is 0 Å². The first-order valence-electron chi connectivity index (χ1n) is 5.96. The fourth-order valence-electron chi connectivity index (χ4n) is 1.75. The van der Waals surface area contributed by atoms with Crippen molar-refractivity contribution in [2.45, 2.75) is 6.54 Å². The van der Waals surface area contributed by atoms with Gasteiger partial charge in [-0.3, -0.25) is 0 Å². The highest BCUT2D eigenvalue weighted by Crippen LogP contribution is 2.15. The first-order valence-corrected chi connectivity index (χ1v) is 5.96. The lowest BCUT2D eigenvalue weighted by atomic mass is 10.1. The van der Waals surface area contributed by atoms with Crippen LogP contribution in [0.25, 0.3) is 0 Å². The standard InChI is InChI=1S/C15H13F2NO2/c1-20-15(19)10-3-2-4-13(8-10)18-9-11-7-12(16)5-6-14(11)17/h2-8,18H,9H2,1H3. The predicted molar refractivity (Wildman–Crippen MR) is 71.5 cm³/mol. The summed E-state index contributed by atoms with van der Waals surface area (Å²) in [6, 6.07) is 9.88. The molecule has 0 aliphatic heterocycles. The number of ether oxygens (including phenoxy) is 1. The molecule has 0 bridgehead atoms. The van der Waals surface area contributed by atoms with Gasteiger partial charge in [-0.1, -0.05) is 6.07 Å². The summed E-state index contributed by atoms with van der Waals surface area (Å²) in [5.41, 5.74) is 1.22. The molecule has 0 radical (unpaired) electrons. The Morgan fingerprint density at radius 2 is 2.00 bits per heavy atom. The van der Waals surface area contributed by atoms with E-state index in [1.807, 2.05) is 0 Å². The topological polar surface area (TPSA) is 38.3 Å². The minimum absolute atomic E-state index is 0.119. The van der Waals surface area contributed by atoms with Crippen LogP contribution in [-0.2, 0) is 11.3 Å². The van der Waals surface area contributed by atoms with Crippen molar-refractivity contribution in [3.05, 3.63) is 65.2 Å². The number of halogens is 2. The normalized spacial score (nSPS) is 10.2. The van der Waals surface area contributed by atoms with Crippen LogP contribution in [0, 0.1) is 11.6 Å². The molecule has 104 valence electrons. The van der Waals surface area contributed by atoms with Crippen molar-refractivity contribution in [1.82, 2.24) is 0 Å². The van der Waals surface area contributed by atoms with Gasteiger partial charge in [-0.25, -0.2) is 13.6 Å². The third kappa shape index (κ3) is 3.32. The molecule has 0 aliphatic rings. The first-order chi connectivity index (χ1) is 9.60. The van der Waals surface area contributed by atoms with E-state index in [0.29, 0.717) is 11.3 Å². The van der Waals surface area contributed by atoms with Gasteiger partial charge in [0.25, 0.3) is 0 Å². The lowest BCUT2D eigenvalue weighted by molar-refractivity contribution is 0.0601. The Bertz CT molecular complexity index is 629. The van der Waals surface area contributed by atoms with Crippen LogP contribution in [0.1, 0.15) is 15.9 Å². The summed E-state index contributed by atoms with van der Waals surface area (Å²) in [6.45, 7) is 0.119. The highest BCUT2D eigenvalue weighted by Gasteiger charge is 2.07. The Morgan fingerprint density at radius 3 is 2.75 bits per heavy atom. The van der Waals surface area contributed by atoms with E-state index >= 15 is 0 Å². The third-order valence-corrected chi connectivity index (χ3v) is 2.77. The van der Waals surface area contributed by atoms with Gasteiger partial charge in [0.1, 0.15) is 11.6 Å². The zero-order valence-electron chi connectivity index (χ0n) is 10.8. The molecule has 0 aromatic heterocycles. The van der Waals surface area contributed by atoms with Crippen LogP contribution in [-0.4, -0.2) is 13.1 Å². The Hall–Kier alpha value is -2.43. The van der Waals surface area contributed by atoms with Gasteiger partial charge in [-0.2, -0.15) is 0 Å². The molecule has 0 atom stereocenters. The number of rotatable bonds is 4. The van der Waals surface area contributed by atoms with Crippen LogP contribution in [0.15, 0.2) is 42.5 Å². The molecule has 2 aromatic carbocycles. The first kappa shape index (κ1) is 14.0. The lowest BCUT2D eigenvalue weighted by Crippen LogP contribution is -2.05. The average molecular weight is 277 g/mol. The number of hydrogen-bond donors (Lipinski definition) is 1. The summed E-state index contributed by atoms with van der Waals surface area (Å²) in [4.78, 5) is 11.4. The molecule has 0 saturated carbocycles. The Labute approximate surface area is 115 Å². The number of methoxy groups -OCH3 is 1. The second-order valence-electron chi connectivity index (χ2n) is 4.16. The molecule has 2 aromatic rings. The largest absolute Gasteiger partial charge is 0.465 e. The van der Waals surface area contributed by atoms with Crippen molar-refractivity contribution in [2.75, 3.05) is 12.4 Å². The Morgan fingerprint density at radius 1 is 1.20 bits per heavy atom. The van der Waals surface area contributed by atoms with Crippen LogP contribution in [0.3, 0.4) is 0 Å². The molecular weight excluding hydrogens is 264 g/mol. The van der Waals surface area contributed by atoms with E-state index in [0.717, 1.165) is 18.2 Å². The van der Waals surface area contributed by atoms with E-state index in [4.69, 9.17) is 0 Å². The van der Waals surface area contributed by atoms with Crippen LogP contribution < -0.4 is 5.32 Å². The zero-order valence-corrected chi connectivity index (χ0v) is 10.8. The number of esters is 1. The summed E-state index contributed by atoms with van der Waals surface area (Å²) in [5.74, 6) is -1.43. The smallest absolute Gasteiger partial charge is 0.337 e. The molecule has 0 aliphatic carbocycles. The van der Waals surface area contributed by atoms with Crippen LogP contribution in [0.2, 0.25) is 0 Å². The summed E-state index contributed by atoms with van der Waals surface area (Å²) in [6.07, 6.45) is 0. The maximum absolute atomic E-state index is 13.5. The maximum atomic E-state index is 13.5. The predicted octanol–water partition coefficient (Wildman–Crippen LogP) is 3.36. The number of carbonyl (C=O) groups is 1. The molecular formula is C15H13F2NO2. The summed E-state index contributed by atoms with van der Waals surface area (Å²) < 4.78 is 31.1. The van der Waals surface area contributed by atoms with E-state index < -0.39 is 17.6 Å². The molecule has 2 rings (SSSR count). The second kappa shape index (κ2) is 6.14. The highest BCUT2D eigenvalue weighted by molar-refractivity contribution is 5.90. The van der Waals surface area contributed by atoms with Crippen molar-refractivity contribution in [3.8, 4) is 0 Å². The SMILES string of the molecule is COC(=O)c1cccc(NCc2cc(F)ccc2F)c1. The van der Waals surface area contributed by atoms with E-state index in [9.17, 15) is 13.6 Å². The zero-order chi connectivity index (χ0) is 14.5. The van der Waals surface area contributed by atoms with Gasteiger partial charge < -0.3 is 10.1 Å². The molecule has 0 unspecified atom stereocenters. The Kier molecular flexibility index (Phi) is 4.30. The third-order valence-electron chi connectivity index (χ3n) is 2.77. The van der Waals surface area contributed by atoms with Gasteiger partial charge in [0.05, 0.1) is 12.7 Å². The van der Waals surface area contributed by atoms with E-state index in [1.165, 1.54) is 7.11 Å². The van der Waals surface area contributed by atoms with Gasteiger partial charge in [-0.15, -0.1) is 0 Å². The number of nitrogens with one attached hydrogen (secondary N) is 1.